The highest BCUT2D eigenvalue weighted by molar-refractivity contribution is 5.80. The molecule has 0 saturated heterocycles. The Hall–Kier alpha value is -1.30. The van der Waals surface area contributed by atoms with Crippen LogP contribution in [0, 0.1) is 0 Å². The van der Waals surface area contributed by atoms with Crippen LogP contribution in [0.15, 0.2) is 0 Å². The molecule has 18 heavy (non-hydrogen) atoms. The molecule has 0 atom stereocenters. The van der Waals surface area contributed by atoms with Gasteiger partial charge in [0.15, 0.2) is 0 Å². The minimum Gasteiger partial charge on any atom is -0.480 e. The standard InChI is InChI=1S/C12H22N2O4/c1-2-3-6-13(7-8-15)12(18)14(9-11(16)17)10-4-5-10/h10,15H,2-9H2,1H3,(H,16,17). The second-order valence-electron chi connectivity index (χ2n) is 4.60. The van der Waals surface area contributed by atoms with Crippen LogP contribution in [0.3, 0.4) is 0 Å². The van der Waals surface area contributed by atoms with Gasteiger partial charge in [0.2, 0.25) is 0 Å². The lowest BCUT2D eigenvalue weighted by atomic mass is 10.3. The summed E-state index contributed by atoms with van der Waals surface area (Å²) in [6.07, 6.45) is 3.56. The molecule has 6 nitrogen and oxygen atoms in total. The number of carboxylic acids is 1. The van der Waals surface area contributed by atoms with Gasteiger partial charge in [-0.1, -0.05) is 13.3 Å². The van der Waals surface area contributed by atoms with Crippen molar-refractivity contribution in [3.8, 4) is 0 Å². The summed E-state index contributed by atoms with van der Waals surface area (Å²) in [7, 11) is 0. The minimum atomic E-state index is -0.991. The maximum absolute atomic E-state index is 12.2. The van der Waals surface area contributed by atoms with Gasteiger partial charge in [-0.25, -0.2) is 4.79 Å². The maximum Gasteiger partial charge on any atom is 0.323 e. The zero-order chi connectivity index (χ0) is 13.5. The SMILES string of the molecule is CCCCN(CCO)C(=O)N(CC(=O)O)C1CC1. The molecule has 0 aliphatic heterocycles. The number of urea groups is 1. The van der Waals surface area contributed by atoms with Gasteiger partial charge >= 0.3 is 12.0 Å². The molecule has 2 N–H and O–H groups in total. The summed E-state index contributed by atoms with van der Waals surface area (Å²) in [4.78, 5) is 26.0. The zero-order valence-corrected chi connectivity index (χ0v) is 10.8. The third-order valence-corrected chi connectivity index (χ3v) is 2.96. The summed E-state index contributed by atoms with van der Waals surface area (Å²) in [5.41, 5.74) is 0. The van der Waals surface area contributed by atoms with Gasteiger partial charge in [-0.05, 0) is 19.3 Å². The summed E-state index contributed by atoms with van der Waals surface area (Å²) in [6, 6.07) is -0.196. The Morgan fingerprint density at radius 1 is 1.28 bits per heavy atom. The van der Waals surface area contributed by atoms with Crippen molar-refractivity contribution in [2.24, 2.45) is 0 Å². The van der Waals surface area contributed by atoms with E-state index in [-0.39, 0.29) is 31.8 Å². The van der Waals surface area contributed by atoms with E-state index in [1.54, 1.807) is 4.90 Å². The number of carbonyl (C=O) groups excluding carboxylic acids is 1. The van der Waals surface area contributed by atoms with Crippen LogP contribution in [0.4, 0.5) is 4.79 Å². The number of aliphatic carboxylic acids is 1. The van der Waals surface area contributed by atoms with Gasteiger partial charge in [0.25, 0.3) is 0 Å². The third kappa shape index (κ3) is 4.52. The average molecular weight is 258 g/mol. The van der Waals surface area contributed by atoms with Crippen LogP contribution in [0.1, 0.15) is 32.6 Å². The number of aliphatic hydroxyl groups excluding tert-OH is 1. The molecule has 2 amide bonds. The summed E-state index contributed by atoms with van der Waals surface area (Å²) >= 11 is 0. The molecule has 0 heterocycles. The van der Waals surface area contributed by atoms with Gasteiger partial charge in [-0.15, -0.1) is 0 Å². The molecule has 0 radical (unpaired) electrons. The number of amides is 2. The highest BCUT2D eigenvalue weighted by Gasteiger charge is 2.35. The van der Waals surface area contributed by atoms with E-state index in [2.05, 4.69) is 0 Å². The second kappa shape index (κ2) is 7.20. The van der Waals surface area contributed by atoms with Crippen molar-refractivity contribution in [3.63, 3.8) is 0 Å². The highest BCUT2D eigenvalue weighted by atomic mass is 16.4. The second-order valence-corrected chi connectivity index (χ2v) is 4.60. The van der Waals surface area contributed by atoms with Crippen molar-refractivity contribution < 1.29 is 19.8 Å². The fourth-order valence-corrected chi connectivity index (χ4v) is 1.84. The van der Waals surface area contributed by atoms with Gasteiger partial charge in [0.05, 0.1) is 6.61 Å². The molecular weight excluding hydrogens is 236 g/mol. The molecule has 0 spiro atoms. The Bertz CT molecular complexity index is 292. The van der Waals surface area contributed by atoms with Crippen molar-refractivity contribution >= 4 is 12.0 Å². The largest absolute Gasteiger partial charge is 0.480 e. The fraction of sp³-hybridized carbons (Fsp3) is 0.833. The van der Waals surface area contributed by atoms with Gasteiger partial charge < -0.3 is 20.0 Å². The summed E-state index contributed by atoms with van der Waals surface area (Å²) in [5.74, 6) is -0.991. The molecular formula is C12H22N2O4. The van der Waals surface area contributed by atoms with Crippen molar-refractivity contribution in [1.29, 1.82) is 0 Å². The minimum absolute atomic E-state index is 0.0661. The first-order valence-electron chi connectivity index (χ1n) is 6.48. The number of nitrogens with zero attached hydrogens (tertiary/aromatic N) is 2. The molecule has 1 saturated carbocycles. The van der Waals surface area contributed by atoms with E-state index in [0.29, 0.717) is 6.54 Å². The average Bonchev–Trinajstić information content (AvgIpc) is 3.14. The first kappa shape index (κ1) is 14.8. The lowest BCUT2D eigenvalue weighted by molar-refractivity contribution is -0.137. The third-order valence-electron chi connectivity index (χ3n) is 2.96. The Morgan fingerprint density at radius 2 is 1.94 bits per heavy atom. The number of hydrogen-bond donors (Lipinski definition) is 2. The lowest BCUT2D eigenvalue weighted by Crippen LogP contribution is -2.47. The molecule has 6 heteroatoms. The molecule has 0 unspecified atom stereocenters. The molecule has 1 aliphatic carbocycles. The molecule has 0 aromatic carbocycles. The number of aliphatic hydroxyl groups is 1. The predicted molar refractivity (Wildman–Crippen MR) is 66.3 cm³/mol. The smallest absolute Gasteiger partial charge is 0.323 e. The quantitative estimate of drug-likeness (QED) is 0.673. The molecule has 0 bridgehead atoms. The summed E-state index contributed by atoms with van der Waals surface area (Å²) in [5, 5.41) is 17.8. The van der Waals surface area contributed by atoms with Crippen LogP contribution in [-0.2, 0) is 4.79 Å². The summed E-state index contributed by atoms with van der Waals surface area (Å²) < 4.78 is 0. The van der Waals surface area contributed by atoms with Crippen LogP contribution in [0.5, 0.6) is 0 Å². The topological polar surface area (TPSA) is 81.1 Å². The number of unbranched alkanes of at least 4 members (excludes halogenated alkanes) is 1. The van der Waals surface area contributed by atoms with Crippen molar-refractivity contribution in [2.75, 3.05) is 26.2 Å². The van der Waals surface area contributed by atoms with Crippen LogP contribution in [0.2, 0.25) is 0 Å². The molecule has 1 fully saturated rings. The molecule has 104 valence electrons. The Balaban J connectivity index is 2.61. The van der Waals surface area contributed by atoms with Crippen molar-refractivity contribution in [1.82, 2.24) is 9.80 Å². The van der Waals surface area contributed by atoms with E-state index in [1.165, 1.54) is 4.90 Å². The van der Waals surface area contributed by atoms with Crippen LogP contribution < -0.4 is 0 Å². The first-order valence-corrected chi connectivity index (χ1v) is 6.48. The summed E-state index contributed by atoms with van der Waals surface area (Å²) in [6.45, 7) is 2.51. The van der Waals surface area contributed by atoms with Crippen molar-refractivity contribution in [2.45, 2.75) is 38.6 Å². The van der Waals surface area contributed by atoms with Gasteiger partial charge in [-0.2, -0.15) is 0 Å². The van der Waals surface area contributed by atoms with Crippen LogP contribution in [-0.4, -0.2) is 64.3 Å². The molecule has 0 aromatic rings. The van der Waals surface area contributed by atoms with Crippen LogP contribution in [0.25, 0.3) is 0 Å². The van der Waals surface area contributed by atoms with E-state index < -0.39 is 5.97 Å². The van der Waals surface area contributed by atoms with Gasteiger partial charge in [-0.3, -0.25) is 4.79 Å². The van der Waals surface area contributed by atoms with E-state index in [0.717, 1.165) is 25.7 Å². The Labute approximate surface area is 107 Å². The zero-order valence-electron chi connectivity index (χ0n) is 10.8. The highest BCUT2D eigenvalue weighted by Crippen LogP contribution is 2.27. The fourth-order valence-electron chi connectivity index (χ4n) is 1.84. The van der Waals surface area contributed by atoms with E-state index in [1.807, 2.05) is 6.92 Å². The maximum atomic E-state index is 12.2. The monoisotopic (exact) mass is 258 g/mol. The van der Waals surface area contributed by atoms with E-state index in [9.17, 15) is 9.59 Å². The number of carbonyl (C=O) groups is 2. The van der Waals surface area contributed by atoms with Gasteiger partial charge in [0.1, 0.15) is 6.54 Å². The van der Waals surface area contributed by atoms with Gasteiger partial charge in [0, 0.05) is 19.1 Å². The normalized spacial score (nSPS) is 14.3. The van der Waals surface area contributed by atoms with Crippen molar-refractivity contribution in [3.05, 3.63) is 0 Å². The first-order chi connectivity index (χ1) is 8.60. The van der Waals surface area contributed by atoms with E-state index in [4.69, 9.17) is 10.2 Å². The lowest BCUT2D eigenvalue weighted by Gasteiger charge is -2.29. The number of carboxylic acid groups (broad SMARTS) is 1. The van der Waals surface area contributed by atoms with E-state index >= 15 is 0 Å². The molecule has 0 aromatic heterocycles. The number of rotatable bonds is 8. The Kier molecular flexibility index (Phi) is 5.91. The predicted octanol–water partition coefficient (Wildman–Crippen LogP) is 0.750. The molecule has 1 aliphatic rings. The number of hydrogen-bond acceptors (Lipinski definition) is 3. The molecule has 1 rings (SSSR count). The Morgan fingerprint density at radius 3 is 2.39 bits per heavy atom. The van der Waals surface area contributed by atoms with Crippen LogP contribution >= 0.6 is 0 Å².